The smallest absolute Gasteiger partial charge is 0.396 e. The molecule has 0 aromatic heterocycles. The second-order valence-corrected chi connectivity index (χ2v) is 3.62. The zero-order valence-electron chi connectivity index (χ0n) is 8.48. The van der Waals surface area contributed by atoms with Crippen LogP contribution in [0.2, 0.25) is 0 Å². The number of benzene rings is 1. The van der Waals surface area contributed by atoms with E-state index in [-0.39, 0.29) is 6.42 Å². The molecule has 1 aromatic carbocycles. The van der Waals surface area contributed by atoms with Crippen LogP contribution in [0.4, 0.5) is 13.2 Å². The number of hydrogen-bond acceptors (Lipinski definition) is 2. The van der Waals surface area contributed by atoms with Crippen LogP contribution in [0.1, 0.15) is 5.56 Å². The van der Waals surface area contributed by atoms with E-state index < -0.39 is 24.8 Å². The van der Waals surface area contributed by atoms with Crippen molar-refractivity contribution < 1.29 is 23.4 Å². The molecular formula is C11H13F3O2. The molecule has 1 rings (SSSR count). The SMILES string of the molecule is OC[C@H](Cc1ccccc1)[C@@H](O)C(F)(F)F. The third-order valence-electron chi connectivity index (χ3n) is 2.36. The molecule has 0 fully saturated rings. The molecule has 2 atom stereocenters. The van der Waals surface area contributed by atoms with Crippen molar-refractivity contribution in [2.24, 2.45) is 5.92 Å². The topological polar surface area (TPSA) is 40.5 Å². The Morgan fingerprint density at radius 3 is 2.12 bits per heavy atom. The highest BCUT2D eigenvalue weighted by Gasteiger charge is 2.43. The van der Waals surface area contributed by atoms with Gasteiger partial charge in [-0.2, -0.15) is 13.2 Å². The summed E-state index contributed by atoms with van der Waals surface area (Å²) in [5.74, 6) is -1.22. The van der Waals surface area contributed by atoms with Gasteiger partial charge in [0.25, 0.3) is 0 Å². The molecule has 0 amide bonds. The summed E-state index contributed by atoms with van der Waals surface area (Å²) in [6.07, 6.45) is -7.18. The summed E-state index contributed by atoms with van der Waals surface area (Å²) in [4.78, 5) is 0. The first kappa shape index (κ1) is 13.0. The largest absolute Gasteiger partial charge is 0.414 e. The van der Waals surface area contributed by atoms with Gasteiger partial charge in [-0.3, -0.25) is 0 Å². The van der Waals surface area contributed by atoms with Crippen LogP contribution in [-0.2, 0) is 6.42 Å². The van der Waals surface area contributed by atoms with Gasteiger partial charge in [-0.05, 0) is 12.0 Å². The Kier molecular flexibility index (Phi) is 4.32. The van der Waals surface area contributed by atoms with E-state index in [0.29, 0.717) is 5.56 Å². The average Bonchev–Trinajstić information content (AvgIpc) is 2.25. The monoisotopic (exact) mass is 234 g/mol. The van der Waals surface area contributed by atoms with Gasteiger partial charge < -0.3 is 10.2 Å². The molecular weight excluding hydrogens is 221 g/mol. The highest BCUT2D eigenvalue weighted by atomic mass is 19.4. The van der Waals surface area contributed by atoms with Gasteiger partial charge in [0.2, 0.25) is 0 Å². The third kappa shape index (κ3) is 3.50. The van der Waals surface area contributed by atoms with Crippen molar-refractivity contribution >= 4 is 0 Å². The zero-order chi connectivity index (χ0) is 12.2. The normalized spacial score (nSPS) is 15.8. The maximum absolute atomic E-state index is 12.2. The summed E-state index contributed by atoms with van der Waals surface area (Å²) in [5, 5.41) is 17.9. The van der Waals surface area contributed by atoms with Gasteiger partial charge >= 0.3 is 6.18 Å². The molecule has 0 saturated heterocycles. The number of aliphatic hydroxyl groups excluding tert-OH is 2. The van der Waals surface area contributed by atoms with Crippen LogP contribution < -0.4 is 0 Å². The maximum Gasteiger partial charge on any atom is 0.414 e. The number of alkyl halides is 3. The van der Waals surface area contributed by atoms with Crippen molar-refractivity contribution in [1.29, 1.82) is 0 Å². The Bertz CT molecular complexity index is 311. The van der Waals surface area contributed by atoms with Crippen LogP contribution in [0.5, 0.6) is 0 Å². The Balaban J connectivity index is 2.70. The minimum absolute atomic E-state index is 0.00197. The molecule has 0 aliphatic carbocycles. The fourth-order valence-corrected chi connectivity index (χ4v) is 1.46. The van der Waals surface area contributed by atoms with E-state index in [1.165, 1.54) is 0 Å². The van der Waals surface area contributed by atoms with Crippen molar-refractivity contribution in [3.05, 3.63) is 35.9 Å². The lowest BCUT2D eigenvalue weighted by molar-refractivity contribution is -0.222. The van der Waals surface area contributed by atoms with Crippen LogP contribution in [0.25, 0.3) is 0 Å². The zero-order valence-corrected chi connectivity index (χ0v) is 8.48. The number of halogens is 3. The molecule has 1 aromatic rings. The van der Waals surface area contributed by atoms with Crippen molar-refractivity contribution in [3.63, 3.8) is 0 Å². The van der Waals surface area contributed by atoms with Gasteiger partial charge in [0.05, 0.1) is 0 Å². The van der Waals surface area contributed by atoms with Crippen LogP contribution in [-0.4, -0.2) is 29.1 Å². The molecule has 2 nitrogen and oxygen atoms in total. The quantitative estimate of drug-likeness (QED) is 0.833. The van der Waals surface area contributed by atoms with Crippen LogP contribution >= 0.6 is 0 Å². The second-order valence-electron chi connectivity index (χ2n) is 3.62. The molecule has 0 unspecified atom stereocenters. The molecule has 0 saturated carbocycles. The fraction of sp³-hybridized carbons (Fsp3) is 0.455. The summed E-state index contributed by atoms with van der Waals surface area (Å²) in [5.41, 5.74) is 0.657. The van der Waals surface area contributed by atoms with Gasteiger partial charge in [-0.25, -0.2) is 0 Å². The first-order chi connectivity index (χ1) is 7.45. The van der Waals surface area contributed by atoms with E-state index in [4.69, 9.17) is 10.2 Å². The van der Waals surface area contributed by atoms with Gasteiger partial charge in [-0.15, -0.1) is 0 Å². The molecule has 5 heteroatoms. The van der Waals surface area contributed by atoms with Crippen molar-refractivity contribution in [1.82, 2.24) is 0 Å². The summed E-state index contributed by atoms with van der Waals surface area (Å²) in [6.45, 7) is -0.699. The number of hydrogen-bond donors (Lipinski definition) is 2. The Morgan fingerprint density at radius 2 is 1.69 bits per heavy atom. The average molecular weight is 234 g/mol. The van der Waals surface area contributed by atoms with Crippen LogP contribution in [0.15, 0.2) is 30.3 Å². The third-order valence-corrected chi connectivity index (χ3v) is 2.36. The first-order valence-corrected chi connectivity index (χ1v) is 4.84. The van der Waals surface area contributed by atoms with Gasteiger partial charge in [-0.1, -0.05) is 30.3 Å². The Hall–Kier alpha value is -1.07. The number of rotatable bonds is 4. The van der Waals surface area contributed by atoms with E-state index in [2.05, 4.69) is 0 Å². The van der Waals surface area contributed by atoms with Gasteiger partial charge in [0.15, 0.2) is 6.10 Å². The summed E-state index contributed by atoms with van der Waals surface area (Å²) < 4.78 is 36.7. The second kappa shape index (κ2) is 5.32. The van der Waals surface area contributed by atoms with E-state index in [1.54, 1.807) is 30.3 Å². The van der Waals surface area contributed by atoms with Gasteiger partial charge in [0.1, 0.15) is 0 Å². The van der Waals surface area contributed by atoms with Crippen LogP contribution in [0, 0.1) is 5.92 Å². The van der Waals surface area contributed by atoms with Crippen molar-refractivity contribution in [2.45, 2.75) is 18.7 Å². The van der Waals surface area contributed by atoms with E-state index >= 15 is 0 Å². The highest BCUT2D eigenvalue weighted by Crippen LogP contribution is 2.27. The molecule has 0 spiro atoms. The lowest BCUT2D eigenvalue weighted by Crippen LogP contribution is -2.38. The molecule has 0 aliphatic heterocycles. The van der Waals surface area contributed by atoms with Crippen molar-refractivity contribution in [3.8, 4) is 0 Å². The standard InChI is InChI=1S/C11H13F3O2/c12-11(13,14)10(16)9(7-15)6-8-4-2-1-3-5-8/h1-5,9-10,15-16H,6-7H2/t9-,10+/m0/s1. The summed E-state index contributed by atoms with van der Waals surface area (Å²) in [7, 11) is 0. The summed E-state index contributed by atoms with van der Waals surface area (Å²) in [6, 6.07) is 8.46. The molecule has 16 heavy (non-hydrogen) atoms. The Morgan fingerprint density at radius 1 is 1.12 bits per heavy atom. The minimum atomic E-state index is -4.69. The summed E-state index contributed by atoms with van der Waals surface area (Å²) >= 11 is 0. The lowest BCUT2D eigenvalue weighted by Gasteiger charge is -2.23. The maximum atomic E-state index is 12.2. The van der Waals surface area contributed by atoms with E-state index in [0.717, 1.165) is 0 Å². The van der Waals surface area contributed by atoms with Crippen molar-refractivity contribution in [2.75, 3.05) is 6.61 Å². The van der Waals surface area contributed by atoms with Gasteiger partial charge in [0, 0.05) is 12.5 Å². The molecule has 2 N–H and O–H groups in total. The van der Waals surface area contributed by atoms with E-state index in [9.17, 15) is 13.2 Å². The minimum Gasteiger partial charge on any atom is -0.396 e. The lowest BCUT2D eigenvalue weighted by atomic mass is 9.94. The number of aliphatic hydroxyl groups is 2. The molecule has 0 bridgehead atoms. The molecule has 90 valence electrons. The fourth-order valence-electron chi connectivity index (χ4n) is 1.46. The predicted octanol–water partition coefficient (Wildman–Crippen LogP) is 1.76. The molecule has 0 aliphatic rings. The molecule has 0 radical (unpaired) electrons. The first-order valence-electron chi connectivity index (χ1n) is 4.84. The molecule has 0 heterocycles. The van der Waals surface area contributed by atoms with E-state index in [1.807, 2.05) is 0 Å². The Labute approximate surface area is 91.3 Å². The van der Waals surface area contributed by atoms with Crippen LogP contribution in [0.3, 0.4) is 0 Å². The highest BCUT2D eigenvalue weighted by molar-refractivity contribution is 5.15. The predicted molar refractivity (Wildman–Crippen MR) is 52.8 cm³/mol.